The van der Waals surface area contributed by atoms with Crippen LogP contribution in [0.3, 0.4) is 0 Å². The number of hydrogen-bond donors (Lipinski definition) is 0. The molecule has 0 saturated heterocycles. The molecule has 2 heteroatoms. The van der Waals surface area contributed by atoms with E-state index in [0.717, 1.165) is 19.1 Å². The van der Waals surface area contributed by atoms with E-state index in [1.807, 2.05) is 55.4 Å². The molecule has 2 saturated carbocycles. The second-order valence-corrected chi connectivity index (χ2v) is 12.2. The van der Waals surface area contributed by atoms with Gasteiger partial charge in [0.1, 0.15) is 12.1 Å². The van der Waals surface area contributed by atoms with E-state index < -0.39 is 0 Å². The van der Waals surface area contributed by atoms with Crippen molar-refractivity contribution in [3.05, 3.63) is 70.8 Å². The molecular formula is C48H94O2. The Morgan fingerprint density at radius 1 is 0.600 bits per heavy atom. The molecule has 0 heterocycles. The van der Waals surface area contributed by atoms with Gasteiger partial charge in [-0.2, -0.15) is 0 Å². The van der Waals surface area contributed by atoms with Gasteiger partial charge in [0.25, 0.3) is 0 Å². The number of aldehydes is 1. The minimum atomic E-state index is 0. The lowest BCUT2D eigenvalue weighted by Gasteiger charge is -2.32. The van der Waals surface area contributed by atoms with Crippen LogP contribution in [0.15, 0.2) is 48.5 Å². The highest BCUT2D eigenvalue weighted by Gasteiger charge is 2.61. The Kier molecular flexibility index (Phi) is 51.8. The summed E-state index contributed by atoms with van der Waals surface area (Å²) in [7, 11) is 0. The highest BCUT2D eigenvalue weighted by molar-refractivity contribution is 5.89. The quantitative estimate of drug-likeness (QED) is 0.256. The third-order valence-electron chi connectivity index (χ3n) is 8.75. The van der Waals surface area contributed by atoms with Crippen molar-refractivity contribution in [3.63, 3.8) is 0 Å². The monoisotopic (exact) mass is 703 g/mol. The zero-order valence-electron chi connectivity index (χ0n) is 34.6. The summed E-state index contributed by atoms with van der Waals surface area (Å²) in [5, 5.41) is 0. The van der Waals surface area contributed by atoms with Crippen LogP contribution >= 0.6 is 0 Å². The molecule has 2 unspecified atom stereocenters. The molecule has 2 aromatic rings. The Bertz CT molecular complexity index is 924. The van der Waals surface area contributed by atoms with Crippen molar-refractivity contribution in [3.8, 4) is 0 Å². The van der Waals surface area contributed by atoms with Gasteiger partial charge in [-0.1, -0.05) is 188 Å². The molecule has 0 spiro atoms. The summed E-state index contributed by atoms with van der Waals surface area (Å²) in [5.74, 6) is 1.19. The number of fused-ring (bicyclic) bond motifs is 4. The first-order chi connectivity index (χ1) is 22.7. The fraction of sp³-hybridized carbons (Fsp3) is 0.708. The standard InChI is InChI=1S/C10H16O.C10H12.C9H10.2C3H8.C2H4O.4C2H6.3CH4/c1-9(2)7-4-5-10(9,3)8(11)6-7;1-2-6-10-8-4-3-7-9(10)5-1;1-2-5-9-7-3-6-8(9)4-1;2*1-3-2;1-2-3;4*1-2;;;/h7H,4-6H2,1-3H3;1-2,5-6H,3-4,7-8H2;1-2,4-5H,3,6-7H2;2*3H2,1-2H3;2H,1H3;4*1-2H3;3*1H4. The Morgan fingerprint density at radius 2 is 0.860 bits per heavy atom. The minimum absolute atomic E-state index is 0. The maximum atomic E-state index is 11.6. The lowest BCUT2D eigenvalue weighted by Crippen LogP contribution is -2.32. The average molecular weight is 703 g/mol. The third-order valence-corrected chi connectivity index (χ3v) is 8.75. The lowest BCUT2D eigenvalue weighted by molar-refractivity contribution is -0.128. The second-order valence-electron chi connectivity index (χ2n) is 12.2. The maximum Gasteiger partial charge on any atom is 0.139 e. The van der Waals surface area contributed by atoms with Crippen LogP contribution in [0.4, 0.5) is 0 Å². The van der Waals surface area contributed by atoms with Crippen LogP contribution in [0.5, 0.6) is 0 Å². The van der Waals surface area contributed by atoms with Gasteiger partial charge in [0, 0.05) is 11.8 Å². The largest absolute Gasteiger partial charge is 0.304 e. The minimum Gasteiger partial charge on any atom is -0.304 e. The number of hydrogen-bond acceptors (Lipinski definition) is 2. The van der Waals surface area contributed by atoms with E-state index in [9.17, 15) is 4.79 Å². The lowest BCUT2D eigenvalue weighted by atomic mass is 9.70. The Morgan fingerprint density at radius 3 is 1.04 bits per heavy atom. The van der Waals surface area contributed by atoms with Gasteiger partial charge in [-0.3, -0.25) is 4.79 Å². The SMILES string of the molecule is C.C.C.CC.CC.CC.CC.CC12CCC(CC1=O)C2(C)C.CC=O.CCC.CCC.c1ccc2c(c1)CCC2.c1ccc2c(c1)CCCC2. The summed E-state index contributed by atoms with van der Waals surface area (Å²) in [6, 6.07) is 17.5. The van der Waals surface area contributed by atoms with Crippen LogP contribution in [-0.4, -0.2) is 12.1 Å². The zero-order chi connectivity index (χ0) is 37.3. The molecule has 6 rings (SSSR count). The van der Waals surface area contributed by atoms with Crippen LogP contribution in [0.1, 0.15) is 207 Å². The molecule has 0 aromatic heterocycles. The van der Waals surface area contributed by atoms with Crippen molar-refractivity contribution < 1.29 is 9.59 Å². The second kappa shape index (κ2) is 41.2. The highest BCUT2D eigenvalue weighted by atomic mass is 16.1. The molecule has 2 nitrogen and oxygen atoms in total. The van der Waals surface area contributed by atoms with Gasteiger partial charge in [-0.25, -0.2) is 0 Å². The molecule has 2 bridgehead atoms. The van der Waals surface area contributed by atoms with Gasteiger partial charge in [0.05, 0.1) is 0 Å². The fourth-order valence-electron chi connectivity index (χ4n) is 6.09. The van der Waals surface area contributed by atoms with E-state index >= 15 is 0 Å². The average Bonchev–Trinajstić information content (AvgIpc) is 3.73. The molecule has 4 aliphatic carbocycles. The molecule has 2 aromatic carbocycles. The van der Waals surface area contributed by atoms with Crippen molar-refractivity contribution in [2.24, 2.45) is 16.7 Å². The van der Waals surface area contributed by atoms with E-state index in [1.165, 1.54) is 71.1 Å². The topological polar surface area (TPSA) is 34.1 Å². The normalized spacial score (nSPS) is 17.8. The molecule has 0 radical (unpaired) electrons. The number of rotatable bonds is 0. The van der Waals surface area contributed by atoms with Crippen molar-refractivity contribution in [2.45, 2.75) is 210 Å². The van der Waals surface area contributed by atoms with Crippen LogP contribution in [-0.2, 0) is 35.3 Å². The Hall–Kier alpha value is -2.22. The van der Waals surface area contributed by atoms with Gasteiger partial charge in [-0.15, -0.1) is 0 Å². The Labute approximate surface area is 318 Å². The molecule has 298 valence electrons. The zero-order valence-corrected chi connectivity index (χ0v) is 34.6. The molecule has 0 N–H and O–H groups in total. The predicted octanol–water partition coefficient (Wildman–Crippen LogP) is 16.2. The van der Waals surface area contributed by atoms with Crippen molar-refractivity contribution in [2.75, 3.05) is 0 Å². The maximum absolute atomic E-state index is 11.6. The summed E-state index contributed by atoms with van der Waals surface area (Å²) >= 11 is 0. The van der Waals surface area contributed by atoms with Crippen LogP contribution in [0.2, 0.25) is 0 Å². The summed E-state index contributed by atoms with van der Waals surface area (Å²) in [6.45, 7) is 32.6. The summed E-state index contributed by atoms with van der Waals surface area (Å²) < 4.78 is 0. The molecule has 2 fully saturated rings. The molecular weight excluding hydrogens is 609 g/mol. The van der Waals surface area contributed by atoms with Gasteiger partial charge >= 0.3 is 0 Å². The molecule has 50 heavy (non-hydrogen) atoms. The van der Waals surface area contributed by atoms with Gasteiger partial charge in [0.15, 0.2) is 0 Å². The van der Waals surface area contributed by atoms with Crippen LogP contribution < -0.4 is 0 Å². The van der Waals surface area contributed by atoms with Crippen LogP contribution in [0.25, 0.3) is 0 Å². The number of aryl methyl sites for hydroxylation is 4. The van der Waals surface area contributed by atoms with E-state index in [2.05, 4.69) is 97.0 Å². The number of benzene rings is 2. The smallest absolute Gasteiger partial charge is 0.139 e. The van der Waals surface area contributed by atoms with Gasteiger partial charge in [-0.05, 0) is 98.3 Å². The Balaban J connectivity index is -0.0000000892. The third kappa shape index (κ3) is 22.6. The molecule has 0 amide bonds. The predicted molar refractivity (Wildman–Crippen MR) is 235 cm³/mol. The molecule has 2 atom stereocenters. The molecule has 0 aliphatic heterocycles. The van der Waals surface area contributed by atoms with Crippen LogP contribution in [0, 0.1) is 16.7 Å². The highest BCUT2D eigenvalue weighted by Crippen LogP contribution is 2.63. The van der Waals surface area contributed by atoms with E-state index in [1.54, 1.807) is 22.3 Å². The number of carbonyl (C=O) groups excluding carboxylic acids is 2. The van der Waals surface area contributed by atoms with Gasteiger partial charge in [0.2, 0.25) is 0 Å². The van der Waals surface area contributed by atoms with E-state index in [0.29, 0.717) is 11.7 Å². The summed E-state index contributed by atoms with van der Waals surface area (Å²) in [4.78, 5) is 20.4. The fourth-order valence-corrected chi connectivity index (χ4v) is 6.09. The van der Waals surface area contributed by atoms with Crippen molar-refractivity contribution in [1.29, 1.82) is 0 Å². The summed E-state index contributed by atoms with van der Waals surface area (Å²) in [6.07, 6.45) is 15.8. The number of ketones is 1. The summed E-state index contributed by atoms with van der Waals surface area (Å²) in [5.41, 5.74) is 6.60. The first-order valence-corrected chi connectivity index (χ1v) is 19.7. The number of carbonyl (C=O) groups is 2. The first-order valence-electron chi connectivity index (χ1n) is 19.7. The first kappa shape index (κ1) is 62.9. The van der Waals surface area contributed by atoms with Crippen molar-refractivity contribution in [1.82, 2.24) is 0 Å². The van der Waals surface area contributed by atoms with E-state index in [4.69, 9.17) is 4.79 Å². The number of Topliss-reactive ketones (excluding diaryl/α,β-unsaturated/α-hetero) is 1. The molecule has 4 aliphatic rings. The van der Waals surface area contributed by atoms with Gasteiger partial charge < -0.3 is 4.79 Å². The van der Waals surface area contributed by atoms with E-state index in [-0.39, 0.29) is 33.1 Å². The van der Waals surface area contributed by atoms with Crippen molar-refractivity contribution >= 4 is 12.1 Å².